The quantitative estimate of drug-likeness (QED) is 0.870. The lowest BCUT2D eigenvalue weighted by molar-refractivity contribution is 0.0893. The average Bonchev–Trinajstić information content (AvgIpc) is 2.91. The monoisotopic (exact) mass is 251 g/mol. The van der Waals surface area contributed by atoms with Crippen molar-refractivity contribution in [2.75, 3.05) is 13.2 Å². The van der Waals surface area contributed by atoms with E-state index in [4.69, 9.17) is 4.74 Å². The second-order valence-corrected chi connectivity index (χ2v) is 5.46. The molecule has 1 N–H and O–H groups in total. The van der Waals surface area contributed by atoms with Gasteiger partial charge in [0.15, 0.2) is 0 Å². The zero-order chi connectivity index (χ0) is 13.1. The molecule has 2 rings (SSSR count). The Labute approximate surface area is 110 Å². The lowest BCUT2D eigenvalue weighted by Gasteiger charge is -2.20. The molecule has 2 atom stereocenters. The normalized spacial score (nSPS) is 24.1. The van der Waals surface area contributed by atoms with E-state index in [0.29, 0.717) is 12.0 Å². The predicted molar refractivity (Wildman–Crippen MR) is 72.5 cm³/mol. The van der Waals surface area contributed by atoms with Crippen LogP contribution in [0.4, 0.5) is 0 Å². The Bertz CT molecular complexity index is 386. The van der Waals surface area contributed by atoms with Gasteiger partial charge in [-0.2, -0.15) is 5.10 Å². The minimum atomic E-state index is 0.222. The number of nitrogens with zero attached hydrogens (tertiary/aromatic N) is 2. The SMILES string of the molecule is CCc1nn(C)cc1C1OCCC1CNC(C)C. The van der Waals surface area contributed by atoms with Crippen LogP contribution in [0.15, 0.2) is 6.20 Å². The van der Waals surface area contributed by atoms with Crippen molar-refractivity contribution in [3.8, 4) is 0 Å². The topological polar surface area (TPSA) is 39.1 Å². The average molecular weight is 251 g/mol. The second-order valence-electron chi connectivity index (χ2n) is 5.46. The van der Waals surface area contributed by atoms with Crippen molar-refractivity contribution in [1.82, 2.24) is 15.1 Å². The first-order valence-electron chi connectivity index (χ1n) is 6.99. The Morgan fingerprint density at radius 1 is 1.56 bits per heavy atom. The smallest absolute Gasteiger partial charge is 0.0899 e. The molecule has 1 aliphatic rings. The molecule has 0 aliphatic carbocycles. The van der Waals surface area contributed by atoms with Gasteiger partial charge in [0.2, 0.25) is 0 Å². The fourth-order valence-corrected chi connectivity index (χ4v) is 2.64. The lowest BCUT2D eigenvalue weighted by Crippen LogP contribution is -2.30. The second kappa shape index (κ2) is 5.85. The minimum absolute atomic E-state index is 0.222. The third-order valence-electron chi connectivity index (χ3n) is 3.58. The van der Waals surface area contributed by atoms with Crippen LogP contribution in [-0.2, 0) is 18.2 Å². The van der Waals surface area contributed by atoms with Gasteiger partial charge in [0.1, 0.15) is 0 Å². The highest BCUT2D eigenvalue weighted by molar-refractivity contribution is 5.22. The van der Waals surface area contributed by atoms with Crippen LogP contribution in [0, 0.1) is 5.92 Å². The number of rotatable bonds is 5. The number of hydrogen-bond acceptors (Lipinski definition) is 3. The third kappa shape index (κ3) is 2.93. The molecule has 0 saturated carbocycles. The molecule has 1 fully saturated rings. The van der Waals surface area contributed by atoms with E-state index in [-0.39, 0.29) is 6.10 Å². The number of ether oxygens (including phenoxy) is 1. The van der Waals surface area contributed by atoms with E-state index < -0.39 is 0 Å². The van der Waals surface area contributed by atoms with Crippen molar-refractivity contribution in [1.29, 1.82) is 0 Å². The first-order chi connectivity index (χ1) is 8.61. The predicted octanol–water partition coefficient (Wildman–Crippen LogP) is 2.06. The van der Waals surface area contributed by atoms with E-state index in [1.54, 1.807) is 0 Å². The summed E-state index contributed by atoms with van der Waals surface area (Å²) in [5.41, 5.74) is 2.46. The lowest BCUT2D eigenvalue weighted by atomic mass is 9.95. The van der Waals surface area contributed by atoms with Crippen LogP contribution in [0.1, 0.15) is 44.6 Å². The number of hydrogen-bond donors (Lipinski definition) is 1. The van der Waals surface area contributed by atoms with Gasteiger partial charge >= 0.3 is 0 Å². The van der Waals surface area contributed by atoms with Crippen molar-refractivity contribution in [3.63, 3.8) is 0 Å². The molecule has 2 heterocycles. The highest BCUT2D eigenvalue weighted by Gasteiger charge is 2.32. The number of aromatic nitrogens is 2. The van der Waals surface area contributed by atoms with Crippen molar-refractivity contribution in [3.05, 3.63) is 17.5 Å². The summed E-state index contributed by atoms with van der Waals surface area (Å²) in [6.45, 7) is 8.43. The third-order valence-corrected chi connectivity index (χ3v) is 3.58. The van der Waals surface area contributed by atoms with Gasteiger partial charge in [0, 0.05) is 43.9 Å². The van der Waals surface area contributed by atoms with Crippen LogP contribution in [0.3, 0.4) is 0 Å². The van der Waals surface area contributed by atoms with Crippen LogP contribution in [0.25, 0.3) is 0 Å². The Hall–Kier alpha value is -0.870. The molecule has 1 saturated heterocycles. The summed E-state index contributed by atoms with van der Waals surface area (Å²) in [5, 5.41) is 8.04. The molecule has 4 heteroatoms. The van der Waals surface area contributed by atoms with Gasteiger partial charge in [0.05, 0.1) is 11.8 Å². The minimum Gasteiger partial charge on any atom is -0.373 e. The van der Waals surface area contributed by atoms with Gasteiger partial charge in [-0.3, -0.25) is 4.68 Å². The standard InChI is InChI=1S/C14H25N3O/c1-5-13-12(9-17(4)16-13)14-11(6-7-18-14)8-15-10(2)3/h9-11,14-15H,5-8H2,1-4H3. The van der Waals surface area contributed by atoms with Crippen molar-refractivity contribution < 1.29 is 4.74 Å². The summed E-state index contributed by atoms with van der Waals surface area (Å²) in [4.78, 5) is 0. The van der Waals surface area contributed by atoms with Crippen molar-refractivity contribution in [2.45, 2.75) is 45.8 Å². The van der Waals surface area contributed by atoms with E-state index in [1.165, 1.54) is 11.3 Å². The highest BCUT2D eigenvalue weighted by Crippen LogP contribution is 2.35. The molecule has 1 aromatic heterocycles. The number of nitrogens with one attached hydrogen (secondary N) is 1. The van der Waals surface area contributed by atoms with Gasteiger partial charge in [-0.15, -0.1) is 0 Å². The Kier molecular flexibility index (Phi) is 4.40. The highest BCUT2D eigenvalue weighted by atomic mass is 16.5. The van der Waals surface area contributed by atoms with Gasteiger partial charge in [-0.1, -0.05) is 20.8 Å². The molecule has 0 bridgehead atoms. The summed E-state index contributed by atoms with van der Waals surface area (Å²) < 4.78 is 7.85. The molecule has 102 valence electrons. The fraction of sp³-hybridized carbons (Fsp3) is 0.786. The van der Waals surface area contributed by atoms with Crippen molar-refractivity contribution >= 4 is 0 Å². The largest absolute Gasteiger partial charge is 0.373 e. The van der Waals surface area contributed by atoms with Crippen molar-refractivity contribution in [2.24, 2.45) is 13.0 Å². The van der Waals surface area contributed by atoms with Crippen LogP contribution < -0.4 is 5.32 Å². The maximum atomic E-state index is 5.95. The Morgan fingerprint density at radius 3 is 3.00 bits per heavy atom. The molecular formula is C14H25N3O. The molecule has 0 radical (unpaired) electrons. The zero-order valence-corrected chi connectivity index (χ0v) is 11.9. The van der Waals surface area contributed by atoms with Gasteiger partial charge < -0.3 is 10.1 Å². The van der Waals surface area contributed by atoms with Crippen LogP contribution in [-0.4, -0.2) is 29.0 Å². The molecule has 1 aliphatic heterocycles. The summed E-state index contributed by atoms with van der Waals surface area (Å²) in [7, 11) is 1.99. The van der Waals surface area contributed by atoms with E-state index in [9.17, 15) is 0 Å². The summed E-state index contributed by atoms with van der Waals surface area (Å²) in [5.74, 6) is 0.571. The first-order valence-corrected chi connectivity index (χ1v) is 6.99. The van der Waals surface area contributed by atoms with E-state index in [1.807, 2.05) is 11.7 Å². The molecule has 0 spiro atoms. The van der Waals surface area contributed by atoms with Gasteiger partial charge in [-0.05, 0) is 12.8 Å². The molecule has 0 amide bonds. The molecule has 0 aromatic carbocycles. The van der Waals surface area contributed by atoms with Crippen LogP contribution >= 0.6 is 0 Å². The van der Waals surface area contributed by atoms with E-state index in [2.05, 4.69) is 37.4 Å². The van der Waals surface area contributed by atoms with Crippen LogP contribution in [0.5, 0.6) is 0 Å². The number of aryl methyl sites for hydroxylation is 2. The summed E-state index contributed by atoms with van der Waals surface area (Å²) >= 11 is 0. The van der Waals surface area contributed by atoms with E-state index in [0.717, 1.165) is 26.0 Å². The molecule has 1 aromatic rings. The maximum Gasteiger partial charge on any atom is 0.0899 e. The Balaban J connectivity index is 2.10. The first kappa shape index (κ1) is 13.6. The maximum absolute atomic E-state index is 5.95. The molecule has 2 unspecified atom stereocenters. The molecular weight excluding hydrogens is 226 g/mol. The van der Waals surface area contributed by atoms with Gasteiger partial charge in [-0.25, -0.2) is 0 Å². The van der Waals surface area contributed by atoms with Gasteiger partial charge in [0.25, 0.3) is 0 Å². The summed E-state index contributed by atoms with van der Waals surface area (Å²) in [6, 6.07) is 0.533. The summed E-state index contributed by atoms with van der Waals surface area (Å²) in [6.07, 6.45) is 4.46. The molecule has 4 nitrogen and oxygen atoms in total. The Morgan fingerprint density at radius 2 is 2.33 bits per heavy atom. The zero-order valence-electron chi connectivity index (χ0n) is 11.9. The van der Waals surface area contributed by atoms with E-state index >= 15 is 0 Å². The fourth-order valence-electron chi connectivity index (χ4n) is 2.64. The van der Waals surface area contributed by atoms with Crippen LogP contribution in [0.2, 0.25) is 0 Å². The molecule has 18 heavy (non-hydrogen) atoms.